The number of fused-ring (bicyclic) bond motifs is 5. The summed E-state index contributed by atoms with van der Waals surface area (Å²) < 4.78 is 1.73. The zero-order valence-electron chi connectivity index (χ0n) is 18.3. The molecule has 0 unspecified atom stereocenters. The zero-order chi connectivity index (χ0) is 23.3. The third kappa shape index (κ3) is 7.50. The Hall–Kier alpha value is -3.48. The first-order valence-electron chi connectivity index (χ1n) is 9.79. The molecule has 0 bridgehead atoms. The van der Waals surface area contributed by atoms with E-state index in [2.05, 4.69) is 4.98 Å². The summed E-state index contributed by atoms with van der Waals surface area (Å²) in [6.45, 7) is 10.2. The summed E-state index contributed by atoms with van der Waals surface area (Å²) in [5, 5.41) is 14.8. The molecule has 2 N–H and O–H groups in total. The highest BCUT2D eigenvalue weighted by Gasteiger charge is 2.25. The number of carboxylic acid groups (broad SMARTS) is 2. The van der Waals surface area contributed by atoms with E-state index >= 15 is 0 Å². The van der Waals surface area contributed by atoms with Gasteiger partial charge in [-0.25, -0.2) is 4.98 Å². The maximum Gasteiger partial charge on any atom is 0.300 e. The van der Waals surface area contributed by atoms with E-state index < -0.39 is 11.9 Å². The highest BCUT2D eigenvalue weighted by atomic mass is 16.4. The van der Waals surface area contributed by atoms with Crippen molar-refractivity contribution >= 4 is 28.9 Å². The van der Waals surface area contributed by atoms with Gasteiger partial charge in [0.05, 0.1) is 17.5 Å². The molecule has 0 spiro atoms. The number of aliphatic carboxylic acids is 2. The standard InChI is InChI=1S/C15H10N2O.2C2H4O2.2C2H6/c18-14-9-10-5-1-2-6-11(10)15-16-12-7-3-4-8-13(12)17(14)15;2*1-2(3)4;2*1-2/h1-8H,9H2;2*1H3,(H,3,4);2*1-2H3. The molecule has 2 aromatic carbocycles. The number of carboxylic acids is 2. The minimum Gasteiger partial charge on any atom is -0.481 e. The molecule has 0 saturated carbocycles. The number of aromatic nitrogens is 2. The smallest absolute Gasteiger partial charge is 0.300 e. The van der Waals surface area contributed by atoms with Gasteiger partial charge in [0.25, 0.3) is 11.9 Å². The average molecular weight is 415 g/mol. The summed E-state index contributed by atoms with van der Waals surface area (Å²) in [5.74, 6) is -0.805. The van der Waals surface area contributed by atoms with Crippen LogP contribution >= 0.6 is 0 Å². The van der Waals surface area contributed by atoms with Crippen LogP contribution in [0.3, 0.4) is 0 Å². The van der Waals surface area contributed by atoms with Crippen LogP contribution in [0.15, 0.2) is 48.5 Å². The number of hydrogen-bond donors (Lipinski definition) is 2. The number of carbonyl (C=O) groups excluding carboxylic acids is 1. The second-order valence-electron chi connectivity index (χ2n) is 5.53. The first-order chi connectivity index (χ1) is 14.3. The van der Waals surface area contributed by atoms with Gasteiger partial charge in [-0.3, -0.25) is 19.0 Å². The van der Waals surface area contributed by atoms with Gasteiger partial charge in [-0.15, -0.1) is 0 Å². The summed E-state index contributed by atoms with van der Waals surface area (Å²) in [4.78, 5) is 34.8. The van der Waals surface area contributed by atoms with E-state index in [-0.39, 0.29) is 5.91 Å². The van der Waals surface area contributed by atoms with Gasteiger partial charge in [0.15, 0.2) is 0 Å². The number of nitrogens with zero attached hydrogens (tertiary/aromatic N) is 2. The summed E-state index contributed by atoms with van der Waals surface area (Å²) in [6.07, 6.45) is 0.448. The van der Waals surface area contributed by atoms with E-state index in [4.69, 9.17) is 19.8 Å². The Morgan fingerprint density at radius 3 is 1.90 bits per heavy atom. The maximum atomic E-state index is 12.2. The fraction of sp³-hybridized carbons (Fsp3) is 0.304. The van der Waals surface area contributed by atoms with Crippen molar-refractivity contribution < 1.29 is 24.6 Å². The maximum absolute atomic E-state index is 12.2. The van der Waals surface area contributed by atoms with Crippen LogP contribution in [0, 0.1) is 0 Å². The minimum atomic E-state index is -0.833. The average Bonchev–Trinajstić information content (AvgIpc) is 3.11. The Morgan fingerprint density at radius 2 is 1.33 bits per heavy atom. The fourth-order valence-electron chi connectivity index (χ4n) is 2.59. The third-order valence-corrected chi connectivity index (χ3v) is 3.41. The van der Waals surface area contributed by atoms with Gasteiger partial charge in [0, 0.05) is 19.4 Å². The van der Waals surface area contributed by atoms with Crippen molar-refractivity contribution in [2.24, 2.45) is 0 Å². The predicted octanol–water partition coefficient (Wildman–Crippen LogP) is 5.13. The lowest BCUT2D eigenvalue weighted by Crippen LogP contribution is -2.20. The van der Waals surface area contributed by atoms with E-state index in [0.717, 1.165) is 41.8 Å². The zero-order valence-corrected chi connectivity index (χ0v) is 18.3. The first kappa shape index (κ1) is 26.5. The van der Waals surface area contributed by atoms with Crippen LogP contribution < -0.4 is 0 Å². The molecular weight excluding hydrogens is 384 g/mol. The van der Waals surface area contributed by atoms with Gasteiger partial charge in [0.1, 0.15) is 5.82 Å². The second kappa shape index (κ2) is 13.7. The van der Waals surface area contributed by atoms with Gasteiger partial charge >= 0.3 is 0 Å². The van der Waals surface area contributed by atoms with Crippen LogP contribution in [-0.4, -0.2) is 37.6 Å². The van der Waals surface area contributed by atoms with E-state index in [0.29, 0.717) is 6.42 Å². The largest absolute Gasteiger partial charge is 0.481 e. The molecular formula is C23H30N2O5. The number of para-hydroxylation sites is 2. The number of imidazole rings is 1. The molecule has 1 aliphatic heterocycles. The van der Waals surface area contributed by atoms with Crippen molar-refractivity contribution in [3.63, 3.8) is 0 Å². The van der Waals surface area contributed by atoms with Gasteiger partial charge < -0.3 is 10.2 Å². The predicted molar refractivity (Wildman–Crippen MR) is 119 cm³/mol. The molecule has 7 heteroatoms. The molecule has 4 rings (SSSR count). The lowest BCUT2D eigenvalue weighted by atomic mass is 10.0. The molecule has 1 aliphatic rings. The van der Waals surface area contributed by atoms with E-state index in [1.54, 1.807) is 4.57 Å². The Balaban J connectivity index is 0.000000595. The highest BCUT2D eigenvalue weighted by molar-refractivity contribution is 5.99. The van der Waals surface area contributed by atoms with Crippen LogP contribution in [-0.2, 0) is 16.0 Å². The van der Waals surface area contributed by atoms with Crippen LogP contribution in [0.5, 0.6) is 0 Å². The minimum absolute atomic E-state index is 0.0948. The molecule has 3 aromatic rings. The molecule has 162 valence electrons. The van der Waals surface area contributed by atoms with E-state index in [1.165, 1.54) is 0 Å². The topological polar surface area (TPSA) is 109 Å². The van der Waals surface area contributed by atoms with Gasteiger partial charge in [-0.05, 0) is 17.7 Å². The molecule has 0 fully saturated rings. The first-order valence-corrected chi connectivity index (χ1v) is 9.79. The van der Waals surface area contributed by atoms with Crippen LogP contribution in [0.2, 0.25) is 0 Å². The summed E-state index contributed by atoms with van der Waals surface area (Å²) in [7, 11) is 0. The molecule has 0 aliphatic carbocycles. The summed E-state index contributed by atoms with van der Waals surface area (Å²) >= 11 is 0. The summed E-state index contributed by atoms with van der Waals surface area (Å²) in [6, 6.07) is 15.7. The highest BCUT2D eigenvalue weighted by Crippen LogP contribution is 2.31. The lowest BCUT2D eigenvalue weighted by Gasteiger charge is -2.16. The number of carbonyl (C=O) groups is 3. The fourth-order valence-corrected chi connectivity index (χ4v) is 2.59. The molecule has 0 saturated heterocycles. The molecule has 7 nitrogen and oxygen atoms in total. The van der Waals surface area contributed by atoms with E-state index in [9.17, 15) is 4.79 Å². The molecule has 0 atom stereocenters. The molecule has 30 heavy (non-hydrogen) atoms. The van der Waals surface area contributed by atoms with Gasteiger partial charge in [-0.2, -0.15) is 0 Å². The quantitative estimate of drug-likeness (QED) is 0.527. The van der Waals surface area contributed by atoms with Crippen LogP contribution in [0.4, 0.5) is 0 Å². The SMILES string of the molecule is CC.CC.CC(=O)O.CC(=O)O.O=C1Cc2ccccc2-c2nc3ccccc3n21. The Labute approximate surface area is 177 Å². The number of hydrogen-bond acceptors (Lipinski definition) is 4. The molecule has 0 radical (unpaired) electrons. The van der Waals surface area contributed by atoms with Gasteiger partial charge in [-0.1, -0.05) is 64.1 Å². The molecule has 0 amide bonds. The Kier molecular flexibility index (Phi) is 12.1. The molecule has 2 heterocycles. The molecule has 1 aromatic heterocycles. The van der Waals surface area contributed by atoms with Crippen molar-refractivity contribution in [2.45, 2.75) is 48.0 Å². The van der Waals surface area contributed by atoms with Crippen molar-refractivity contribution in [3.8, 4) is 11.4 Å². The number of rotatable bonds is 0. The van der Waals surface area contributed by atoms with Crippen LogP contribution in [0.1, 0.15) is 51.9 Å². The monoisotopic (exact) mass is 414 g/mol. The van der Waals surface area contributed by atoms with Crippen molar-refractivity contribution in [1.82, 2.24) is 9.55 Å². The van der Waals surface area contributed by atoms with Crippen molar-refractivity contribution in [2.75, 3.05) is 0 Å². The lowest BCUT2D eigenvalue weighted by molar-refractivity contribution is -0.135. The summed E-state index contributed by atoms with van der Waals surface area (Å²) in [5.41, 5.74) is 3.89. The van der Waals surface area contributed by atoms with Crippen molar-refractivity contribution in [1.29, 1.82) is 0 Å². The normalized spacial score (nSPS) is 10.1. The Morgan fingerprint density at radius 1 is 0.867 bits per heavy atom. The van der Waals surface area contributed by atoms with Crippen molar-refractivity contribution in [3.05, 3.63) is 54.1 Å². The second-order valence-corrected chi connectivity index (χ2v) is 5.53. The van der Waals surface area contributed by atoms with Gasteiger partial charge in [0.2, 0.25) is 5.91 Å². The number of benzene rings is 2. The van der Waals surface area contributed by atoms with E-state index in [1.807, 2.05) is 76.2 Å². The van der Waals surface area contributed by atoms with Crippen LogP contribution in [0.25, 0.3) is 22.4 Å². The third-order valence-electron chi connectivity index (χ3n) is 3.41. The Bertz CT molecular complexity index is 957.